The third kappa shape index (κ3) is 5.44. The minimum Gasteiger partial charge on any atom is -0.497 e. The summed E-state index contributed by atoms with van der Waals surface area (Å²) < 4.78 is 34.9. The highest BCUT2D eigenvalue weighted by atomic mass is 32.2. The smallest absolute Gasteiger partial charge is 0.340 e. The molecule has 0 saturated heterocycles. The van der Waals surface area contributed by atoms with Gasteiger partial charge in [-0.3, -0.25) is 9.78 Å². The Labute approximate surface area is 175 Å². The number of amides is 1. The molecule has 3 aromatic rings. The lowest BCUT2D eigenvalue weighted by atomic mass is 10.1. The van der Waals surface area contributed by atoms with Crippen LogP contribution in [-0.2, 0) is 9.53 Å². The molecule has 30 heavy (non-hydrogen) atoms. The summed E-state index contributed by atoms with van der Waals surface area (Å²) in [4.78, 5) is 29.2. The number of anilines is 1. The van der Waals surface area contributed by atoms with E-state index in [1.807, 2.05) is 0 Å². The maximum absolute atomic E-state index is 12.4. The molecule has 0 radical (unpaired) electrons. The zero-order chi connectivity index (χ0) is 21.7. The lowest BCUT2D eigenvalue weighted by Gasteiger charge is -2.10. The molecule has 1 heterocycles. The first-order valence-electron chi connectivity index (χ1n) is 8.83. The van der Waals surface area contributed by atoms with Gasteiger partial charge in [0.15, 0.2) is 6.61 Å². The number of alkyl halides is 2. The zero-order valence-corrected chi connectivity index (χ0v) is 17.0. The number of benzene rings is 2. The molecule has 0 saturated carbocycles. The fraction of sp³-hybridized carbons (Fsp3) is 0.190. The van der Waals surface area contributed by atoms with E-state index in [4.69, 9.17) is 9.47 Å². The molecule has 6 nitrogen and oxygen atoms in total. The van der Waals surface area contributed by atoms with Crippen molar-refractivity contribution in [3.8, 4) is 5.75 Å². The quantitative estimate of drug-likeness (QED) is 0.432. The van der Waals surface area contributed by atoms with Crippen LogP contribution in [0.15, 0.2) is 53.4 Å². The van der Waals surface area contributed by atoms with E-state index in [-0.39, 0.29) is 5.56 Å². The molecule has 0 fully saturated rings. The number of carbonyl (C=O) groups excluding carboxylic acids is 2. The van der Waals surface area contributed by atoms with Crippen molar-refractivity contribution in [2.24, 2.45) is 0 Å². The molecule has 0 spiro atoms. The van der Waals surface area contributed by atoms with Crippen molar-refractivity contribution in [3.05, 3.63) is 59.8 Å². The van der Waals surface area contributed by atoms with Crippen LogP contribution in [0.3, 0.4) is 0 Å². The number of hydrogen-bond acceptors (Lipinski definition) is 6. The van der Waals surface area contributed by atoms with Crippen molar-refractivity contribution in [2.75, 3.05) is 19.0 Å². The van der Waals surface area contributed by atoms with E-state index in [1.54, 1.807) is 38.3 Å². The van der Waals surface area contributed by atoms with Gasteiger partial charge < -0.3 is 14.8 Å². The Morgan fingerprint density at radius 2 is 1.87 bits per heavy atom. The van der Waals surface area contributed by atoms with Gasteiger partial charge in [-0.05, 0) is 49.4 Å². The molecular weight excluding hydrogens is 414 g/mol. The van der Waals surface area contributed by atoms with Gasteiger partial charge in [0.05, 0.1) is 23.9 Å². The number of fused-ring (bicyclic) bond motifs is 1. The van der Waals surface area contributed by atoms with Crippen LogP contribution < -0.4 is 10.1 Å². The van der Waals surface area contributed by atoms with Crippen LogP contribution >= 0.6 is 11.8 Å². The summed E-state index contributed by atoms with van der Waals surface area (Å²) in [6.45, 7) is 1.18. The average Bonchev–Trinajstić information content (AvgIpc) is 2.72. The van der Waals surface area contributed by atoms with Gasteiger partial charge in [-0.25, -0.2) is 4.79 Å². The van der Waals surface area contributed by atoms with Crippen LogP contribution in [0.5, 0.6) is 5.75 Å². The number of esters is 1. The number of carbonyl (C=O) groups is 2. The summed E-state index contributed by atoms with van der Waals surface area (Å²) in [6, 6.07) is 12.9. The highest BCUT2D eigenvalue weighted by molar-refractivity contribution is 7.99. The SMILES string of the molecule is COc1ccc2cc(C(=O)OCC(=O)Nc3ccc(SC(F)F)cc3)c(C)nc2c1. The summed E-state index contributed by atoms with van der Waals surface area (Å²) in [5.41, 5.74) is 1.81. The number of rotatable bonds is 7. The van der Waals surface area contributed by atoms with Crippen molar-refractivity contribution in [3.63, 3.8) is 0 Å². The number of aromatic nitrogens is 1. The highest BCUT2D eigenvalue weighted by Crippen LogP contribution is 2.26. The number of thioether (sulfide) groups is 1. The predicted molar refractivity (Wildman–Crippen MR) is 110 cm³/mol. The first-order chi connectivity index (χ1) is 14.4. The summed E-state index contributed by atoms with van der Waals surface area (Å²) in [7, 11) is 1.56. The molecule has 2 aromatic carbocycles. The fourth-order valence-electron chi connectivity index (χ4n) is 2.70. The Morgan fingerprint density at radius 1 is 1.13 bits per heavy atom. The number of nitrogens with zero attached hydrogens (tertiary/aromatic N) is 1. The second kappa shape index (κ2) is 9.53. The molecule has 0 bridgehead atoms. The van der Waals surface area contributed by atoms with E-state index in [0.29, 0.717) is 39.3 Å². The number of methoxy groups -OCH3 is 1. The number of hydrogen-bond donors (Lipinski definition) is 1. The molecule has 0 unspecified atom stereocenters. The second-order valence-corrected chi connectivity index (χ2v) is 7.27. The maximum atomic E-state index is 12.4. The Balaban J connectivity index is 1.60. The van der Waals surface area contributed by atoms with E-state index >= 15 is 0 Å². The summed E-state index contributed by atoms with van der Waals surface area (Å²) in [5, 5.41) is 3.28. The Bertz CT molecular complexity index is 1070. The predicted octanol–water partition coefficient (Wildman–Crippen LogP) is 4.66. The Hall–Kier alpha value is -3.20. The lowest BCUT2D eigenvalue weighted by Crippen LogP contribution is -2.21. The van der Waals surface area contributed by atoms with Gasteiger partial charge in [0.25, 0.3) is 11.7 Å². The van der Waals surface area contributed by atoms with Gasteiger partial charge >= 0.3 is 5.97 Å². The minimum atomic E-state index is -2.51. The molecule has 0 aliphatic rings. The third-order valence-electron chi connectivity index (χ3n) is 4.13. The van der Waals surface area contributed by atoms with Gasteiger partial charge in [0, 0.05) is 22.0 Å². The number of aryl methyl sites for hydroxylation is 1. The standard InChI is InChI=1S/C21H18F2N2O4S/c1-12-17(9-13-3-6-15(28-2)10-18(13)24-12)20(27)29-11-19(26)25-14-4-7-16(8-5-14)30-21(22)23/h3-10,21H,11H2,1-2H3,(H,25,26). The number of nitrogens with one attached hydrogen (secondary N) is 1. The molecule has 3 rings (SSSR count). The highest BCUT2D eigenvalue weighted by Gasteiger charge is 2.15. The number of pyridine rings is 1. The van der Waals surface area contributed by atoms with E-state index in [2.05, 4.69) is 10.3 Å². The monoisotopic (exact) mass is 432 g/mol. The van der Waals surface area contributed by atoms with Crippen LogP contribution in [0.2, 0.25) is 0 Å². The normalized spacial score (nSPS) is 10.8. The fourth-order valence-corrected chi connectivity index (χ4v) is 3.20. The van der Waals surface area contributed by atoms with Crippen LogP contribution in [0.25, 0.3) is 10.9 Å². The molecule has 156 valence electrons. The number of halogens is 2. The van der Waals surface area contributed by atoms with Crippen molar-refractivity contribution in [1.82, 2.24) is 4.98 Å². The van der Waals surface area contributed by atoms with Crippen LogP contribution in [0.4, 0.5) is 14.5 Å². The van der Waals surface area contributed by atoms with Crippen molar-refractivity contribution < 1.29 is 27.8 Å². The third-order valence-corrected chi connectivity index (χ3v) is 4.86. The second-order valence-electron chi connectivity index (χ2n) is 6.21. The van der Waals surface area contributed by atoms with Crippen molar-refractivity contribution in [1.29, 1.82) is 0 Å². The molecule has 0 aliphatic heterocycles. The molecule has 1 amide bonds. The molecule has 1 aromatic heterocycles. The Morgan fingerprint density at radius 3 is 2.53 bits per heavy atom. The maximum Gasteiger partial charge on any atom is 0.340 e. The van der Waals surface area contributed by atoms with Crippen LogP contribution in [0, 0.1) is 6.92 Å². The molecule has 0 aliphatic carbocycles. The van der Waals surface area contributed by atoms with Crippen molar-refractivity contribution in [2.45, 2.75) is 17.6 Å². The first-order valence-corrected chi connectivity index (χ1v) is 9.71. The lowest BCUT2D eigenvalue weighted by molar-refractivity contribution is -0.119. The largest absolute Gasteiger partial charge is 0.497 e. The van der Waals surface area contributed by atoms with E-state index in [0.717, 1.165) is 5.39 Å². The topological polar surface area (TPSA) is 77.5 Å². The van der Waals surface area contributed by atoms with Gasteiger partial charge in [0.2, 0.25) is 0 Å². The van der Waals surface area contributed by atoms with Crippen LogP contribution in [0.1, 0.15) is 16.1 Å². The van der Waals surface area contributed by atoms with Gasteiger partial charge in [-0.15, -0.1) is 0 Å². The van der Waals surface area contributed by atoms with Gasteiger partial charge in [-0.2, -0.15) is 8.78 Å². The summed E-state index contributed by atoms with van der Waals surface area (Å²) >= 11 is 0.414. The van der Waals surface area contributed by atoms with Gasteiger partial charge in [0.1, 0.15) is 5.75 Å². The van der Waals surface area contributed by atoms with E-state index < -0.39 is 24.2 Å². The summed E-state index contributed by atoms with van der Waals surface area (Å²) in [5.74, 6) is -3.08. The zero-order valence-electron chi connectivity index (χ0n) is 16.1. The summed E-state index contributed by atoms with van der Waals surface area (Å²) in [6.07, 6.45) is 0. The van der Waals surface area contributed by atoms with Crippen molar-refractivity contribution >= 4 is 40.2 Å². The molecule has 9 heteroatoms. The molecular formula is C21H18F2N2O4S. The average molecular weight is 432 g/mol. The molecule has 0 atom stereocenters. The Kier molecular flexibility index (Phi) is 6.83. The first kappa shape index (κ1) is 21.5. The minimum absolute atomic E-state index is 0.258. The van der Waals surface area contributed by atoms with Crippen LogP contribution in [-0.4, -0.2) is 36.3 Å². The van der Waals surface area contributed by atoms with E-state index in [9.17, 15) is 18.4 Å². The van der Waals surface area contributed by atoms with E-state index in [1.165, 1.54) is 24.3 Å². The number of ether oxygens (including phenoxy) is 2. The van der Waals surface area contributed by atoms with Gasteiger partial charge in [-0.1, -0.05) is 11.8 Å². The molecule has 1 N–H and O–H groups in total.